The van der Waals surface area contributed by atoms with Crippen LogP contribution >= 0.6 is 15.9 Å². The van der Waals surface area contributed by atoms with Crippen molar-refractivity contribution >= 4 is 34.1 Å². The zero-order valence-electron chi connectivity index (χ0n) is 15.5. The monoisotopic (exact) mass is 449 g/mol. The van der Waals surface area contributed by atoms with Crippen LogP contribution in [0.4, 0.5) is 0 Å². The molecule has 0 fully saturated rings. The first kappa shape index (κ1) is 20.2. The van der Waals surface area contributed by atoms with Gasteiger partial charge in [0.05, 0.1) is 12.3 Å². The Hall–Kier alpha value is -3.50. The van der Waals surface area contributed by atoms with E-state index in [0.29, 0.717) is 5.69 Å². The number of esters is 1. The van der Waals surface area contributed by atoms with Gasteiger partial charge in [-0.3, -0.25) is 4.79 Å². The summed E-state index contributed by atoms with van der Waals surface area (Å²) in [6.45, 7) is 1.81. The van der Waals surface area contributed by atoms with Gasteiger partial charge in [-0.2, -0.15) is 15.0 Å². The van der Waals surface area contributed by atoms with Crippen LogP contribution < -0.4 is 5.56 Å². The van der Waals surface area contributed by atoms with Crippen molar-refractivity contribution in [1.82, 2.24) is 9.78 Å². The summed E-state index contributed by atoms with van der Waals surface area (Å²) in [7, 11) is 0. The maximum absolute atomic E-state index is 12.9. The quantitative estimate of drug-likeness (QED) is 0.544. The zero-order chi connectivity index (χ0) is 20.8. The van der Waals surface area contributed by atoms with Gasteiger partial charge in [0.15, 0.2) is 5.69 Å². The van der Waals surface area contributed by atoms with Crippen molar-refractivity contribution in [3.05, 3.63) is 91.8 Å². The molecule has 0 aliphatic heterocycles. The molecule has 0 atom stereocenters. The molecule has 0 spiro atoms. The summed E-state index contributed by atoms with van der Waals surface area (Å²) < 4.78 is 6.96. The molecule has 29 heavy (non-hydrogen) atoms. The fraction of sp³-hybridized carbons (Fsp3) is 0.0909. The summed E-state index contributed by atoms with van der Waals surface area (Å²) in [6.07, 6.45) is 3.25. The molecule has 1 heterocycles. The average molecular weight is 450 g/mol. The Morgan fingerprint density at radius 2 is 1.86 bits per heavy atom. The zero-order valence-corrected chi connectivity index (χ0v) is 17.1. The van der Waals surface area contributed by atoms with E-state index in [4.69, 9.17) is 4.74 Å². The van der Waals surface area contributed by atoms with E-state index in [9.17, 15) is 14.9 Å². The van der Waals surface area contributed by atoms with Gasteiger partial charge < -0.3 is 4.74 Å². The molecule has 0 aliphatic rings. The minimum absolute atomic E-state index is 0.0990. The number of nitrogens with zero attached hydrogens (tertiary/aromatic N) is 3. The van der Waals surface area contributed by atoms with Gasteiger partial charge in [-0.05, 0) is 36.8 Å². The fourth-order valence-corrected chi connectivity index (χ4v) is 2.92. The summed E-state index contributed by atoms with van der Waals surface area (Å²) in [5.74, 6) is -0.706. The fourth-order valence-electron chi connectivity index (χ4n) is 2.66. The first-order valence-electron chi connectivity index (χ1n) is 8.78. The summed E-state index contributed by atoms with van der Waals surface area (Å²) >= 11 is 3.33. The number of halogens is 1. The van der Waals surface area contributed by atoms with Gasteiger partial charge in [-0.1, -0.05) is 58.4 Å². The van der Waals surface area contributed by atoms with Gasteiger partial charge >= 0.3 is 5.97 Å². The Morgan fingerprint density at radius 3 is 2.48 bits per heavy atom. The topological polar surface area (TPSA) is 85.0 Å². The highest BCUT2D eigenvalue weighted by Crippen LogP contribution is 2.18. The Labute approximate surface area is 175 Å². The van der Waals surface area contributed by atoms with Crippen LogP contribution in [0.15, 0.2) is 63.9 Å². The van der Waals surface area contributed by atoms with Crippen LogP contribution in [0.1, 0.15) is 34.1 Å². The van der Waals surface area contributed by atoms with E-state index in [0.717, 1.165) is 14.7 Å². The van der Waals surface area contributed by atoms with Crippen molar-refractivity contribution < 1.29 is 9.53 Å². The molecule has 7 heteroatoms. The minimum Gasteiger partial charge on any atom is -0.461 e. The lowest BCUT2D eigenvalue weighted by Gasteiger charge is -2.11. The number of hydrogen-bond donors (Lipinski definition) is 0. The van der Waals surface area contributed by atoms with Gasteiger partial charge in [0, 0.05) is 10.0 Å². The number of ether oxygens (including phenoxy) is 1. The van der Waals surface area contributed by atoms with E-state index >= 15 is 0 Å². The summed E-state index contributed by atoms with van der Waals surface area (Å²) in [5, 5.41) is 13.9. The Morgan fingerprint density at radius 1 is 1.17 bits per heavy atom. The van der Waals surface area contributed by atoms with Gasteiger partial charge in [-0.25, -0.2) is 4.79 Å². The molecule has 0 N–H and O–H groups in total. The normalized spacial score (nSPS) is 10.7. The largest absolute Gasteiger partial charge is 0.461 e. The Kier molecular flexibility index (Phi) is 6.37. The third-order valence-corrected chi connectivity index (χ3v) is 4.55. The number of aromatic nitrogens is 2. The number of nitriles is 1. The molecule has 1 aromatic heterocycles. The maximum atomic E-state index is 12.9. The average Bonchev–Trinajstić information content (AvgIpc) is 2.74. The van der Waals surface area contributed by atoms with Crippen molar-refractivity contribution in [3.63, 3.8) is 0 Å². The van der Waals surface area contributed by atoms with Crippen LogP contribution in [-0.4, -0.2) is 22.4 Å². The molecule has 3 rings (SSSR count). The van der Waals surface area contributed by atoms with Gasteiger partial charge in [0.25, 0.3) is 5.56 Å². The van der Waals surface area contributed by atoms with E-state index in [1.807, 2.05) is 36.4 Å². The van der Waals surface area contributed by atoms with Crippen molar-refractivity contribution in [3.8, 4) is 11.8 Å². The number of rotatable bonds is 5. The highest BCUT2D eigenvalue weighted by molar-refractivity contribution is 9.10. The maximum Gasteiger partial charge on any atom is 0.359 e. The molecular weight excluding hydrogens is 434 g/mol. The molecule has 0 amide bonds. The van der Waals surface area contributed by atoms with E-state index in [1.54, 1.807) is 43.3 Å². The molecule has 144 valence electrons. The van der Waals surface area contributed by atoms with Crippen molar-refractivity contribution in [1.29, 1.82) is 5.26 Å². The van der Waals surface area contributed by atoms with E-state index < -0.39 is 11.5 Å². The molecule has 0 saturated carbocycles. The predicted molar refractivity (Wildman–Crippen MR) is 114 cm³/mol. The van der Waals surface area contributed by atoms with Crippen LogP contribution in [0.3, 0.4) is 0 Å². The molecule has 3 aromatic rings. The first-order chi connectivity index (χ1) is 14.0. The van der Waals surface area contributed by atoms with Crippen LogP contribution in [-0.2, 0) is 4.74 Å². The summed E-state index contributed by atoms with van der Waals surface area (Å²) in [5.41, 5.74) is 0.516. The summed E-state index contributed by atoms with van der Waals surface area (Å²) in [6, 6.07) is 18.0. The smallest absolute Gasteiger partial charge is 0.359 e. The SMILES string of the molecule is CCOC(=O)c1nn(-c2ccc(Br)cc2)c(=O)c(C#N)c1C=Cc1ccccc1. The molecule has 0 aliphatic carbocycles. The van der Waals surface area contributed by atoms with Gasteiger partial charge in [0.2, 0.25) is 0 Å². The molecular formula is C22H16BrN3O3. The molecule has 0 radical (unpaired) electrons. The lowest BCUT2D eigenvalue weighted by molar-refractivity contribution is 0.0517. The number of carbonyl (C=O) groups is 1. The lowest BCUT2D eigenvalue weighted by Crippen LogP contribution is -2.28. The second kappa shape index (κ2) is 9.13. The van der Waals surface area contributed by atoms with Gasteiger partial charge in [0.1, 0.15) is 11.6 Å². The highest BCUT2D eigenvalue weighted by Gasteiger charge is 2.22. The predicted octanol–water partition coefficient (Wildman–Crippen LogP) is 4.21. The summed E-state index contributed by atoms with van der Waals surface area (Å²) in [4.78, 5) is 25.5. The van der Waals surface area contributed by atoms with Crippen LogP contribution in [0.2, 0.25) is 0 Å². The van der Waals surface area contributed by atoms with Crippen molar-refractivity contribution in [2.24, 2.45) is 0 Å². The van der Waals surface area contributed by atoms with Crippen LogP contribution in [0, 0.1) is 11.3 Å². The first-order valence-corrected chi connectivity index (χ1v) is 9.58. The standard InChI is InChI=1S/C22H16BrN3O3/c1-2-29-22(28)20-18(13-8-15-6-4-3-5-7-15)19(14-24)21(27)26(25-20)17-11-9-16(23)10-12-17/h3-13H,2H2,1H3. The minimum atomic E-state index is -0.706. The number of carbonyl (C=O) groups excluding carboxylic acids is 1. The second-order valence-electron chi connectivity index (χ2n) is 5.91. The van der Waals surface area contributed by atoms with E-state index in [-0.39, 0.29) is 23.4 Å². The molecule has 6 nitrogen and oxygen atoms in total. The third kappa shape index (κ3) is 4.50. The molecule has 0 saturated heterocycles. The Bertz CT molecular complexity index is 1160. The van der Waals surface area contributed by atoms with Gasteiger partial charge in [-0.15, -0.1) is 0 Å². The number of hydrogen-bond acceptors (Lipinski definition) is 5. The van der Waals surface area contributed by atoms with E-state index in [1.165, 1.54) is 0 Å². The van der Waals surface area contributed by atoms with E-state index in [2.05, 4.69) is 21.0 Å². The van der Waals surface area contributed by atoms with Crippen LogP contribution in [0.25, 0.3) is 17.8 Å². The third-order valence-electron chi connectivity index (χ3n) is 4.02. The van der Waals surface area contributed by atoms with Crippen molar-refractivity contribution in [2.45, 2.75) is 6.92 Å². The molecule has 0 bridgehead atoms. The van der Waals surface area contributed by atoms with Crippen molar-refractivity contribution in [2.75, 3.05) is 6.61 Å². The Balaban J connectivity index is 2.23. The molecule has 0 unspecified atom stereocenters. The van der Waals surface area contributed by atoms with Crippen LogP contribution in [0.5, 0.6) is 0 Å². The number of benzene rings is 2. The lowest BCUT2D eigenvalue weighted by atomic mass is 10.1. The highest BCUT2D eigenvalue weighted by atomic mass is 79.9. The second-order valence-corrected chi connectivity index (χ2v) is 6.82. The molecule has 2 aromatic carbocycles.